The van der Waals surface area contributed by atoms with Crippen molar-refractivity contribution in [2.75, 3.05) is 34.5 Å². The lowest BCUT2D eigenvalue weighted by Gasteiger charge is -2.26. The molecule has 0 spiro atoms. The third-order valence-corrected chi connectivity index (χ3v) is 4.70. The zero-order chi connectivity index (χ0) is 16.9. The molecule has 1 N–H and O–H groups in total. The number of hydrogen-bond acceptors (Lipinski definition) is 5. The number of hydrogen-bond donors (Lipinski definition) is 1. The van der Waals surface area contributed by atoms with Crippen molar-refractivity contribution in [2.45, 2.75) is 24.8 Å². The molecule has 0 radical (unpaired) electrons. The lowest BCUT2D eigenvalue weighted by atomic mass is 10.1. The van der Waals surface area contributed by atoms with Crippen LogP contribution >= 0.6 is 0 Å². The largest absolute Gasteiger partial charge is 0.383 e. The van der Waals surface area contributed by atoms with Crippen LogP contribution in [0, 0.1) is 0 Å². The summed E-state index contributed by atoms with van der Waals surface area (Å²) in [6.45, 7) is 2.19. The Morgan fingerprint density at radius 2 is 1.96 bits per heavy atom. The highest BCUT2D eigenvalue weighted by atomic mass is 16.5. The van der Waals surface area contributed by atoms with Crippen LogP contribution in [0.1, 0.15) is 5.56 Å². The zero-order valence-corrected chi connectivity index (χ0v) is 14.4. The van der Waals surface area contributed by atoms with Gasteiger partial charge < -0.3 is 14.2 Å². The second-order valence-electron chi connectivity index (χ2n) is 6.06. The van der Waals surface area contributed by atoms with Crippen LogP contribution in [0.3, 0.4) is 0 Å². The van der Waals surface area contributed by atoms with E-state index in [2.05, 4.69) is 27.2 Å². The summed E-state index contributed by atoms with van der Waals surface area (Å²) >= 11 is 0. The van der Waals surface area contributed by atoms with E-state index in [0.29, 0.717) is 6.61 Å². The predicted octanol–water partition coefficient (Wildman–Crippen LogP) is 1.94. The van der Waals surface area contributed by atoms with Gasteiger partial charge in [0.1, 0.15) is 6.10 Å². The van der Waals surface area contributed by atoms with Crippen LogP contribution in [0.2, 0.25) is 0 Å². The molecule has 6 nitrogen and oxygen atoms in total. The summed E-state index contributed by atoms with van der Waals surface area (Å²) in [5, 5.41) is 7.37. The predicted molar refractivity (Wildman–Crippen MR) is 91.7 cm³/mol. The molecule has 24 heavy (non-hydrogen) atoms. The highest BCUT2D eigenvalue weighted by Gasteiger charge is 2.42. The lowest BCUT2D eigenvalue weighted by molar-refractivity contribution is -0.0324. The average molecular weight is 331 g/mol. The number of rotatable bonds is 7. The van der Waals surface area contributed by atoms with Crippen molar-refractivity contribution >= 4 is 0 Å². The first kappa shape index (κ1) is 17.1. The fourth-order valence-electron chi connectivity index (χ4n) is 3.50. The number of nitrogens with one attached hydrogen (secondary N) is 1. The lowest BCUT2D eigenvalue weighted by Crippen LogP contribution is -2.40. The highest BCUT2D eigenvalue weighted by molar-refractivity contribution is 5.62. The Bertz CT molecular complexity index is 631. The van der Waals surface area contributed by atoms with Gasteiger partial charge in [-0.2, -0.15) is 5.10 Å². The van der Waals surface area contributed by atoms with Crippen LogP contribution in [-0.2, 0) is 20.8 Å². The Hall–Kier alpha value is -1.73. The molecular formula is C18H25N3O3. The summed E-state index contributed by atoms with van der Waals surface area (Å²) in [5.74, 6) is 0. The molecule has 1 saturated heterocycles. The minimum atomic E-state index is 0.00188. The maximum absolute atomic E-state index is 5.67. The van der Waals surface area contributed by atoms with Gasteiger partial charge >= 0.3 is 0 Å². The molecule has 2 heterocycles. The molecule has 1 fully saturated rings. The van der Waals surface area contributed by atoms with Crippen molar-refractivity contribution in [1.82, 2.24) is 15.1 Å². The number of aromatic amines is 1. The number of H-pyrrole nitrogens is 1. The van der Waals surface area contributed by atoms with Crippen LogP contribution in [0.4, 0.5) is 0 Å². The maximum atomic E-state index is 5.67. The van der Waals surface area contributed by atoms with Gasteiger partial charge in [-0.3, -0.25) is 10.00 Å². The van der Waals surface area contributed by atoms with Gasteiger partial charge in [-0.25, -0.2) is 0 Å². The molecule has 2 aromatic rings. The molecule has 0 bridgehead atoms. The zero-order valence-electron chi connectivity index (χ0n) is 14.4. The van der Waals surface area contributed by atoms with Gasteiger partial charge in [0, 0.05) is 40.0 Å². The van der Waals surface area contributed by atoms with Crippen LogP contribution in [0.5, 0.6) is 0 Å². The first-order valence-electron chi connectivity index (χ1n) is 8.14. The van der Waals surface area contributed by atoms with E-state index in [0.717, 1.165) is 29.9 Å². The van der Waals surface area contributed by atoms with E-state index < -0.39 is 0 Å². The third-order valence-electron chi connectivity index (χ3n) is 4.70. The molecule has 130 valence electrons. The molecular weight excluding hydrogens is 306 g/mol. The van der Waals surface area contributed by atoms with Crippen LogP contribution in [0.25, 0.3) is 11.3 Å². The van der Waals surface area contributed by atoms with E-state index >= 15 is 0 Å². The maximum Gasteiger partial charge on any atom is 0.102 e. The monoisotopic (exact) mass is 331 g/mol. The minimum Gasteiger partial charge on any atom is -0.383 e. The van der Waals surface area contributed by atoms with Gasteiger partial charge in [0.05, 0.1) is 30.6 Å². The Labute approximate surface area is 142 Å². The number of aromatic nitrogens is 2. The van der Waals surface area contributed by atoms with Crippen LogP contribution < -0.4 is 0 Å². The van der Waals surface area contributed by atoms with Gasteiger partial charge in [-0.15, -0.1) is 0 Å². The molecule has 0 saturated carbocycles. The van der Waals surface area contributed by atoms with Crippen LogP contribution in [0.15, 0.2) is 36.5 Å². The summed E-state index contributed by atoms with van der Waals surface area (Å²) in [6, 6.07) is 10.4. The van der Waals surface area contributed by atoms with Crippen molar-refractivity contribution in [3.8, 4) is 11.3 Å². The fraction of sp³-hybridized carbons (Fsp3) is 0.500. The van der Waals surface area contributed by atoms with E-state index in [4.69, 9.17) is 14.2 Å². The smallest absolute Gasteiger partial charge is 0.102 e. The summed E-state index contributed by atoms with van der Waals surface area (Å²) in [6.07, 6.45) is 1.94. The van der Waals surface area contributed by atoms with Crippen molar-refractivity contribution < 1.29 is 14.2 Å². The average Bonchev–Trinajstić information content (AvgIpc) is 3.21. The molecule has 1 aliphatic heterocycles. The van der Waals surface area contributed by atoms with Gasteiger partial charge in [-0.05, 0) is 5.56 Å². The van der Waals surface area contributed by atoms with Gasteiger partial charge in [0.2, 0.25) is 0 Å². The molecule has 6 heteroatoms. The summed E-state index contributed by atoms with van der Waals surface area (Å²) in [4.78, 5) is 2.35. The van der Waals surface area contributed by atoms with E-state index in [9.17, 15) is 0 Å². The number of likely N-dealkylation sites (tertiary alicyclic amines) is 1. The molecule has 3 rings (SSSR count). The standard InChI is InChI=1S/C18H25N3O3/c1-22-12-15-18(24-3)16(23-2)11-21(15)10-14-9-19-20-17(14)13-7-5-4-6-8-13/h4-9,15-16,18H,10-12H2,1-3H3,(H,19,20)/t15-,16+,18-/m1/s1. The second-order valence-corrected chi connectivity index (χ2v) is 6.06. The quantitative estimate of drug-likeness (QED) is 0.840. The van der Waals surface area contributed by atoms with E-state index in [1.807, 2.05) is 24.4 Å². The fourth-order valence-corrected chi connectivity index (χ4v) is 3.50. The molecule has 0 aliphatic carbocycles. The van der Waals surface area contributed by atoms with E-state index in [1.54, 1.807) is 21.3 Å². The first-order valence-corrected chi connectivity index (χ1v) is 8.14. The molecule has 1 aliphatic rings. The SMILES string of the molecule is COC[C@@H]1[C@@H](OC)[C@@H](OC)CN1Cc1cn[nH]c1-c1ccccc1. The third kappa shape index (κ3) is 3.37. The topological polar surface area (TPSA) is 59.6 Å². The number of methoxy groups -OCH3 is 3. The Morgan fingerprint density at radius 3 is 2.62 bits per heavy atom. The van der Waals surface area contributed by atoms with Crippen molar-refractivity contribution in [1.29, 1.82) is 0 Å². The van der Waals surface area contributed by atoms with Gasteiger partial charge in [0.25, 0.3) is 0 Å². The Balaban J connectivity index is 1.81. The Kier molecular flexibility index (Phi) is 5.63. The summed E-state index contributed by atoms with van der Waals surface area (Å²) in [5.41, 5.74) is 3.36. The highest BCUT2D eigenvalue weighted by Crippen LogP contribution is 2.28. The number of benzene rings is 1. The number of nitrogens with zero attached hydrogens (tertiary/aromatic N) is 2. The van der Waals surface area contributed by atoms with Crippen molar-refractivity contribution in [3.05, 3.63) is 42.1 Å². The van der Waals surface area contributed by atoms with Crippen molar-refractivity contribution in [2.24, 2.45) is 0 Å². The number of ether oxygens (including phenoxy) is 3. The molecule has 0 amide bonds. The molecule has 1 aromatic heterocycles. The van der Waals surface area contributed by atoms with E-state index in [-0.39, 0.29) is 18.2 Å². The normalized spacial score (nSPS) is 24.5. The van der Waals surface area contributed by atoms with Crippen LogP contribution in [-0.4, -0.2) is 67.8 Å². The van der Waals surface area contributed by atoms with Gasteiger partial charge in [0.15, 0.2) is 0 Å². The molecule has 3 atom stereocenters. The van der Waals surface area contributed by atoms with E-state index in [1.165, 1.54) is 0 Å². The van der Waals surface area contributed by atoms with Crippen molar-refractivity contribution in [3.63, 3.8) is 0 Å². The van der Waals surface area contributed by atoms with Gasteiger partial charge in [-0.1, -0.05) is 30.3 Å². The minimum absolute atomic E-state index is 0.00188. The second kappa shape index (κ2) is 7.90. The molecule has 0 unspecified atom stereocenters. The Morgan fingerprint density at radius 1 is 1.17 bits per heavy atom. The summed E-state index contributed by atoms with van der Waals surface area (Å²) < 4.78 is 16.7. The first-order chi connectivity index (χ1) is 11.8. The molecule has 1 aromatic carbocycles. The summed E-state index contributed by atoms with van der Waals surface area (Å²) in [7, 11) is 5.19.